The van der Waals surface area contributed by atoms with Crippen molar-refractivity contribution in [3.63, 3.8) is 0 Å². The van der Waals surface area contributed by atoms with Gasteiger partial charge >= 0.3 is 12.0 Å². The molecule has 0 aromatic heterocycles. The summed E-state index contributed by atoms with van der Waals surface area (Å²) in [6.07, 6.45) is 1.48. The maximum Gasteiger partial charge on any atom is 0.341 e. The molecule has 1 aliphatic rings. The first kappa shape index (κ1) is 23.5. The number of rotatable bonds is 12. The first-order valence-corrected chi connectivity index (χ1v) is 11.0. The fourth-order valence-corrected chi connectivity index (χ4v) is 4.25. The number of aliphatic carboxylic acids is 1. The Kier molecular flexibility index (Phi) is 8.12. The highest BCUT2D eigenvalue weighted by atomic mass is 32.2. The Bertz CT molecular complexity index is 907. The van der Waals surface area contributed by atoms with Crippen molar-refractivity contribution in [2.75, 3.05) is 25.4 Å². The Balaban J connectivity index is 1.80. The van der Waals surface area contributed by atoms with Gasteiger partial charge in [-0.25, -0.2) is 27.1 Å². The molecule has 3 amide bonds. The molecule has 12 heteroatoms. The fraction of sp³-hybridized carbons (Fsp3) is 0.500. The van der Waals surface area contributed by atoms with E-state index in [4.69, 9.17) is 9.84 Å². The van der Waals surface area contributed by atoms with Crippen LogP contribution < -0.4 is 14.8 Å². The largest absolute Gasteiger partial charge is 0.479 e. The van der Waals surface area contributed by atoms with Crippen molar-refractivity contribution in [2.45, 2.75) is 32.2 Å². The molecule has 0 aliphatic carbocycles. The standard InChI is InChI=1S/C18H24FN3O7S/c1-12(13-5-6-14(19)15(9-13)29-11-17(24)25)21-30(27,28)8-4-2-3-7-22-10-16(23)20-18(22)26/h5-6,9,12,21H,2-4,7-8,10-11H2,1H3,(H,24,25)(H,20,23,26). The lowest BCUT2D eigenvalue weighted by atomic mass is 10.1. The van der Waals surface area contributed by atoms with Gasteiger partial charge in [0.25, 0.3) is 0 Å². The van der Waals surface area contributed by atoms with Gasteiger partial charge in [-0.1, -0.05) is 12.5 Å². The third-order valence-corrected chi connectivity index (χ3v) is 5.91. The molecule has 2 rings (SSSR count). The summed E-state index contributed by atoms with van der Waals surface area (Å²) in [5.74, 6) is -2.76. The van der Waals surface area contributed by atoms with E-state index in [0.717, 1.165) is 6.07 Å². The number of amides is 3. The zero-order chi connectivity index (χ0) is 22.3. The molecule has 1 atom stereocenters. The molecular weight excluding hydrogens is 421 g/mol. The average Bonchev–Trinajstić information content (AvgIpc) is 2.97. The van der Waals surface area contributed by atoms with Crippen LogP contribution in [0.3, 0.4) is 0 Å². The molecular formula is C18H24FN3O7S. The van der Waals surface area contributed by atoms with E-state index in [9.17, 15) is 27.2 Å². The molecule has 0 spiro atoms. The summed E-state index contributed by atoms with van der Waals surface area (Å²) in [7, 11) is -3.62. The molecule has 1 heterocycles. The highest BCUT2D eigenvalue weighted by molar-refractivity contribution is 7.89. The number of halogens is 1. The molecule has 0 radical (unpaired) electrons. The number of nitrogens with one attached hydrogen (secondary N) is 2. The van der Waals surface area contributed by atoms with Gasteiger partial charge in [-0.15, -0.1) is 0 Å². The highest BCUT2D eigenvalue weighted by Crippen LogP contribution is 2.23. The van der Waals surface area contributed by atoms with Crippen molar-refractivity contribution >= 4 is 27.9 Å². The predicted molar refractivity (Wildman–Crippen MR) is 104 cm³/mol. The highest BCUT2D eigenvalue weighted by Gasteiger charge is 2.25. The molecule has 1 aromatic rings. The Morgan fingerprint density at radius 1 is 1.33 bits per heavy atom. The molecule has 10 nitrogen and oxygen atoms in total. The number of urea groups is 1. The van der Waals surface area contributed by atoms with Gasteiger partial charge in [0.15, 0.2) is 18.2 Å². The second kappa shape index (κ2) is 10.3. The smallest absolute Gasteiger partial charge is 0.341 e. The van der Waals surface area contributed by atoms with Gasteiger partial charge in [0.1, 0.15) is 6.54 Å². The molecule has 1 aromatic carbocycles. The second-order valence-electron chi connectivity index (χ2n) is 6.87. The van der Waals surface area contributed by atoms with Gasteiger partial charge in [-0.05, 0) is 37.5 Å². The molecule has 1 unspecified atom stereocenters. The average molecular weight is 445 g/mol. The summed E-state index contributed by atoms with van der Waals surface area (Å²) in [6, 6.07) is 2.61. The van der Waals surface area contributed by atoms with Crippen LogP contribution in [-0.4, -0.2) is 61.8 Å². The summed E-state index contributed by atoms with van der Waals surface area (Å²) in [5.41, 5.74) is 0.421. The van der Waals surface area contributed by atoms with Crippen molar-refractivity contribution in [2.24, 2.45) is 0 Å². The Labute approximate surface area is 173 Å². The van der Waals surface area contributed by atoms with Crippen LogP contribution in [0, 0.1) is 5.82 Å². The topological polar surface area (TPSA) is 142 Å². The number of hydrogen-bond acceptors (Lipinski definition) is 6. The fourth-order valence-electron chi connectivity index (χ4n) is 2.87. The van der Waals surface area contributed by atoms with Gasteiger partial charge < -0.3 is 14.7 Å². The number of carbonyl (C=O) groups excluding carboxylic acids is 2. The number of hydrogen-bond donors (Lipinski definition) is 3. The van der Waals surface area contributed by atoms with Crippen LogP contribution >= 0.6 is 0 Å². The van der Waals surface area contributed by atoms with Gasteiger partial charge in [0, 0.05) is 12.6 Å². The Hall–Kier alpha value is -2.73. The molecule has 0 bridgehead atoms. The van der Waals surface area contributed by atoms with Crippen LogP contribution in [0.1, 0.15) is 37.8 Å². The van der Waals surface area contributed by atoms with E-state index < -0.39 is 40.5 Å². The van der Waals surface area contributed by atoms with E-state index in [2.05, 4.69) is 10.0 Å². The number of carbonyl (C=O) groups is 3. The number of sulfonamides is 1. The van der Waals surface area contributed by atoms with Crippen molar-refractivity contribution < 1.29 is 37.0 Å². The summed E-state index contributed by atoms with van der Waals surface area (Å²) in [5, 5.41) is 10.8. The van der Waals surface area contributed by atoms with Crippen LogP contribution in [0.15, 0.2) is 18.2 Å². The van der Waals surface area contributed by atoms with E-state index >= 15 is 0 Å². The predicted octanol–water partition coefficient (Wildman–Crippen LogP) is 0.992. The van der Waals surface area contributed by atoms with Crippen molar-refractivity contribution in [3.05, 3.63) is 29.6 Å². The van der Waals surface area contributed by atoms with Gasteiger partial charge in [-0.3, -0.25) is 10.1 Å². The van der Waals surface area contributed by atoms with Gasteiger partial charge in [0.2, 0.25) is 15.9 Å². The molecule has 3 N–H and O–H groups in total. The number of unbranched alkanes of at least 4 members (excludes halogenated alkanes) is 2. The first-order valence-electron chi connectivity index (χ1n) is 9.30. The molecule has 1 fully saturated rings. The first-order chi connectivity index (χ1) is 14.1. The molecule has 166 valence electrons. The SMILES string of the molecule is CC(NS(=O)(=O)CCCCCN1CC(=O)NC1=O)c1ccc(F)c(OCC(=O)O)c1. The number of ether oxygens (including phenoxy) is 1. The summed E-state index contributed by atoms with van der Waals surface area (Å²) in [6.45, 7) is 1.25. The minimum Gasteiger partial charge on any atom is -0.479 e. The van der Waals surface area contributed by atoms with Crippen LogP contribution in [0.4, 0.5) is 9.18 Å². The Morgan fingerprint density at radius 3 is 2.70 bits per heavy atom. The van der Waals surface area contributed by atoms with Crippen molar-refractivity contribution in [1.82, 2.24) is 14.9 Å². The minimum absolute atomic E-state index is 0.0199. The lowest BCUT2D eigenvalue weighted by Gasteiger charge is -2.16. The van der Waals surface area contributed by atoms with Gasteiger partial charge in [-0.2, -0.15) is 0 Å². The number of carboxylic acid groups (broad SMARTS) is 1. The van der Waals surface area contributed by atoms with Crippen molar-refractivity contribution in [1.29, 1.82) is 0 Å². The monoisotopic (exact) mass is 445 g/mol. The summed E-state index contributed by atoms with van der Waals surface area (Å²) >= 11 is 0. The van der Waals surface area contributed by atoms with E-state index in [-0.39, 0.29) is 24.0 Å². The van der Waals surface area contributed by atoms with E-state index in [0.29, 0.717) is 31.4 Å². The molecule has 30 heavy (non-hydrogen) atoms. The van der Waals surface area contributed by atoms with E-state index in [1.807, 2.05) is 0 Å². The minimum atomic E-state index is -3.62. The summed E-state index contributed by atoms with van der Waals surface area (Å²) in [4.78, 5) is 34.4. The molecule has 1 saturated heterocycles. The van der Waals surface area contributed by atoms with Gasteiger partial charge in [0.05, 0.1) is 5.75 Å². The number of nitrogens with zero attached hydrogens (tertiary/aromatic N) is 1. The number of imide groups is 1. The maximum absolute atomic E-state index is 13.7. The van der Waals surface area contributed by atoms with Crippen molar-refractivity contribution in [3.8, 4) is 5.75 Å². The second-order valence-corrected chi connectivity index (χ2v) is 8.74. The maximum atomic E-state index is 13.7. The normalized spacial score (nSPS) is 15.2. The third kappa shape index (κ3) is 7.26. The lowest BCUT2D eigenvalue weighted by Crippen LogP contribution is -2.30. The van der Waals surface area contributed by atoms with Crippen LogP contribution in [0.5, 0.6) is 5.75 Å². The van der Waals surface area contributed by atoms with E-state index in [1.165, 1.54) is 17.0 Å². The zero-order valence-corrected chi connectivity index (χ0v) is 17.2. The quantitative estimate of drug-likeness (QED) is 0.322. The number of benzene rings is 1. The number of carboxylic acids is 1. The lowest BCUT2D eigenvalue weighted by molar-refractivity contribution is -0.139. The van der Waals surface area contributed by atoms with E-state index in [1.54, 1.807) is 6.92 Å². The molecule has 0 saturated carbocycles. The third-order valence-electron chi connectivity index (χ3n) is 4.37. The Morgan fingerprint density at radius 2 is 2.07 bits per heavy atom. The zero-order valence-electron chi connectivity index (χ0n) is 16.4. The molecule has 1 aliphatic heterocycles. The van der Waals surface area contributed by atoms with Crippen LogP contribution in [0.2, 0.25) is 0 Å². The van der Waals surface area contributed by atoms with Crippen LogP contribution in [0.25, 0.3) is 0 Å². The van der Waals surface area contributed by atoms with Crippen LogP contribution in [-0.2, 0) is 19.6 Å². The summed E-state index contributed by atoms with van der Waals surface area (Å²) < 4.78 is 45.6.